The first kappa shape index (κ1) is 69.3. The van der Waals surface area contributed by atoms with Gasteiger partial charge in [0.15, 0.2) is 6.10 Å². The van der Waals surface area contributed by atoms with Crippen molar-refractivity contribution in [3.63, 3.8) is 0 Å². The van der Waals surface area contributed by atoms with Crippen molar-refractivity contribution in [3.05, 3.63) is 97.2 Å². The Morgan fingerprint density at radius 1 is 0.288 bits per heavy atom. The highest BCUT2D eigenvalue weighted by Gasteiger charge is 2.19. The third-order valence-electron chi connectivity index (χ3n) is 13.1. The zero-order valence-corrected chi connectivity index (χ0v) is 47.9. The maximum atomic E-state index is 12.9. The maximum absolute atomic E-state index is 12.9. The van der Waals surface area contributed by atoms with Crippen LogP contribution < -0.4 is 0 Å². The molecule has 0 aliphatic rings. The quantitative estimate of drug-likeness (QED) is 0.0261. The zero-order chi connectivity index (χ0) is 52.9. The van der Waals surface area contributed by atoms with Crippen molar-refractivity contribution in [2.45, 2.75) is 297 Å². The van der Waals surface area contributed by atoms with E-state index in [1.54, 1.807) is 0 Å². The molecular weight excluding hydrogens is 901 g/mol. The Morgan fingerprint density at radius 3 is 0.877 bits per heavy atom. The SMILES string of the molecule is CC/C=C/C/C=C/C/C=C/C/C=C/C/C=C/CCCCCC(=O)OC[C@@H](COC(=O)CCCCCC/C=C/C/C=C/C/C=C/CCCCC)OC(=O)CCCCCCCCCCCCCCCCCCCCC. The fourth-order valence-corrected chi connectivity index (χ4v) is 8.48. The molecular formula is C67H114O6. The maximum Gasteiger partial charge on any atom is 0.306 e. The van der Waals surface area contributed by atoms with Crippen LogP contribution in [0.5, 0.6) is 0 Å². The third kappa shape index (κ3) is 59.1. The first-order valence-corrected chi connectivity index (χ1v) is 30.7. The van der Waals surface area contributed by atoms with E-state index in [4.69, 9.17) is 14.2 Å². The van der Waals surface area contributed by atoms with Crippen molar-refractivity contribution in [3.8, 4) is 0 Å². The largest absolute Gasteiger partial charge is 0.462 e. The molecule has 0 aromatic rings. The molecule has 0 aliphatic heterocycles. The highest BCUT2D eigenvalue weighted by molar-refractivity contribution is 5.71. The van der Waals surface area contributed by atoms with Crippen molar-refractivity contribution in [2.75, 3.05) is 13.2 Å². The Balaban J connectivity index is 4.47. The predicted octanol–water partition coefficient (Wildman–Crippen LogP) is 20.9. The van der Waals surface area contributed by atoms with E-state index in [1.807, 2.05) is 0 Å². The van der Waals surface area contributed by atoms with Crippen LogP contribution in [-0.2, 0) is 28.6 Å². The Bertz CT molecular complexity index is 1440. The van der Waals surface area contributed by atoms with Gasteiger partial charge in [-0.05, 0) is 103 Å². The minimum Gasteiger partial charge on any atom is -0.462 e. The molecule has 0 bridgehead atoms. The van der Waals surface area contributed by atoms with E-state index in [1.165, 1.54) is 128 Å². The monoisotopic (exact) mass is 1010 g/mol. The van der Waals surface area contributed by atoms with Gasteiger partial charge in [-0.1, -0.05) is 266 Å². The molecule has 0 amide bonds. The summed E-state index contributed by atoms with van der Waals surface area (Å²) in [6, 6.07) is 0. The molecule has 0 radical (unpaired) electrons. The average Bonchev–Trinajstić information content (AvgIpc) is 3.39. The van der Waals surface area contributed by atoms with Crippen LogP contribution in [0.2, 0.25) is 0 Å². The lowest BCUT2D eigenvalue weighted by molar-refractivity contribution is -0.167. The van der Waals surface area contributed by atoms with Crippen LogP contribution in [-0.4, -0.2) is 37.2 Å². The molecule has 0 aliphatic carbocycles. The number of rotatable bonds is 55. The molecule has 0 saturated carbocycles. The number of hydrogen-bond donors (Lipinski definition) is 0. The van der Waals surface area contributed by atoms with Crippen molar-refractivity contribution in [1.82, 2.24) is 0 Å². The number of hydrogen-bond acceptors (Lipinski definition) is 6. The number of allylic oxidation sites excluding steroid dienone is 16. The lowest BCUT2D eigenvalue weighted by atomic mass is 10.0. The molecule has 6 heteroatoms. The molecule has 0 fully saturated rings. The Hall–Kier alpha value is -3.67. The summed E-state index contributed by atoms with van der Waals surface area (Å²) in [7, 11) is 0. The Morgan fingerprint density at radius 2 is 0.534 bits per heavy atom. The minimum atomic E-state index is -0.801. The molecule has 0 N–H and O–H groups in total. The standard InChI is InChI=1S/C67H114O6/c1-4-7-10-13-16-19-22-25-28-31-33-36-39-42-45-48-51-54-57-60-66(69)72-63-64(62-71-65(68)59-56-53-50-47-44-41-38-35-30-27-24-21-18-15-12-9-6-3)73-67(70)61-58-55-52-49-46-43-40-37-34-32-29-26-23-20-17-14-11-8-5-2/h7,10,16,18-19,21,25,27-28,30,33,36,38,41-42,45,64H,4-6,8-9,11-15,17,20,22-24,26,29,31-32,34-35,37,39-40,43-44,46-63H2,1-3H3/b10-7+,19-16+,21-18+,28-25+,30-27+,36-33+,41-38+,45-42+/t64-/m1/s1. The predicted molar refractivity (Wildman–Crippen MR) is 316 cm³/mol. The fraction of sp³-hybridized carbons (Fsp3) is 0.716. The summed E-state index contributed by atoms with van der Waals surface area (Å²) in [6.45, 7) is 6.48. The smallest absolute Gasteiger partial charge is 0.306 e. The molecule has 0 spiro atoms. The van der Waals surface area contributed by atoms with Gasteiger partial charge in [-0.3, -0.25) is 14.4 Å². The minimum absolute atomic E-state index is 0.0984. The molecule has 0 heterocycles. The fourth-order valence-electron chi connectivity index (χ4n) is 8.48. The molecule has 73 heavy (non-hydrogen) atoms. The number of ether oxygens (including phenoxy) is 3. The Kier molecular flexibility index (Phi) is 57.8. The van der Waals surface area contributed by atoms with Gasteiger partial charge in [-0.2, -0.15) is 0 Å². The van der Waals surface area contributed by atoms with Gasteiger partial charge in [0.25, 0.3) is 0 Å². The normalized spacial score (nSPS) is 12.8. The summed E-state index contributed by atoms with van der Waals surface area (Å²) in [5, 5.41) is 0. The van der Waals surface area contributed by atoms with Crippen LogP contribution in [0.3, 0.4) is 0 Å². The van der Waals surface area contributed by atoms with Crippen molar-refractivity contribution >= 4 is 17.9 Å². The second-order valence-electron chi connectivity index (χ2n) is 20.2. The number of carbonyl (C=O) groups excluding carboxylic acids is 3. The molecule has 0 saturated heterocycles. The lowest BCUT2D eigenvalue weighted by Gasteiger charge is -2.18. The van der Waals surface area contributed by atoms with Gasteiger partial charge in [0, 0.05) is 19.3 Å². The lowest BCUT2D eigenvalue weighted by Crippen LogP contribution is -2.30. The topological polar surface area (TPSA) is 78.9 Å². The van der Waals surface area contributed by atoms with E-state index in [2.05, 4.69) is 118 Å². The molecule has 418 valence electrons. The van der Waals surface area contributed by atoms with Crippen molar-refractivity contribution in [1.29, 1.82) is 0 Å². The van der Waals surface area contributed by atoms with Crippen LogP contribution >= 0.6 is 0 Å². The van der Waals surface area contributed by atoms with Gasteiger partial charge in [0.2, 0.25) is 0 Å². The second kappa shape index (κ2) is 60.9. The summed E-state index contributed by atoms with van der Waals surface area (Å²) in [5.41, 5.74) is 0. The average molecular weight is 1020 g/mol. The summed E-state index contributed by atoms with van der Waals surface area (Å²) in [6.07, 6.45) is 81.1. The number of carbonyl (C=O) groups is 3. The molecule has 6 nitrogen and oxygen atoms in total. The van der Waals surface area contributed by atoms with Gasteiger partial charge < -0.3 is 14.2 Å². The zero-order valence-electron chi connectivity index (χ0n) is 47.9. The van der Waals surface area contributed by atoms with Crippen LogP contribution in [0.25, 0.3) is 0 Å². The molecule has 0 rings (SSSR count). The van der Waals surface area contributed by atoms with Crippen LogP contribution in [0, 0.1) is 0 Å². The van der Waals surface area contributed by atoms with Crippen molar-refractivity contribution in [2.24, 2.45) is 0 Å². The molecule has 0 unspecified atom stereocenters. The van der Waals surface area contributed by atoms with E-state index in [0.717, 1.165) is 122 Å². The van der Waals surface area contributed by atoms with E-state index in [9.17, 15) is 14.4 Å². The van der Waals surface area contributed by atoms with Crippen LogP contribution in [0.1, 0.15) is 290 Å². The second-order valence-corrected chi connectivity index (χ2v) is 20.2. The van der Waals surface area contributed by atoms with Gasteiger partial charge in [-0.15, -0.1) is 0 Å². The van der Waals surface area contributed by atoms with Gasteiger partial charge >= 0.3 is 17.9 Å². The Labute approximate surface area is 451 Å². The third-order valence-corrected chi connectivity index (χ3v) is 13.1. The van der Waals surface area contributed by atoms with Gasteiger partial charge in [-0.25, -0.2) is 0 Å². The molecule has 0 aromatic heterocycles. The first-order valence-electron chi connectivity index (χ1n) is 30.7. The summed E-state index contributed by atoms with van der Waals surface area (Å²) in [4.78, 5) is 38.3. The highest BCUT2D eigenvalue weighted by atomic mass is 16.6. The van der Waals surface area contributed by atoms with Crippen molar-refractivity contribution < 1.29 is 28.6 Å². The summed E-state index contributed by atoms with van der Waals surface area (Å²) >= 11 is 0. The van der Waals surface area contributed by atoms with E-state index in [-0.39, 0.29) is 31.1 Å². The van der Waals surface area contributed by atoms with E-state index in [0.29, 0.717) is 19.3 Å². The highest BCUT2D eigenvalue weighted by Crippen LogP contribution is 2.16. The number of esters is 3. The van der Waals surface area contributed by atoms with Crippen LogP contribution in [0.15, 0.2) is 97.2 Å². The molecule has 1 atom stereocenters. The first-order chi connectivity index (χ1) is 36.0. The van der Waals surface area contributed by atoms with Crippen LogP contribution in [0.4, 0.5) is 0 Å². The summed E-state index contributed by atoms with van der Waals surface area (Å²) < 4.78 is 16.9. The summed E-state index contributed by atoms with van der Waals surface area (Å²) in [5.74, 6) is -0.941. The van der Waals surface area contributed by atoms with E-state index >= 15 is 0 Å². The van der Waals surface area contributed by atoms with Gasteiger partial charge in [0.05, 0.1) is 0 Å². The van der Waals surface area contributed by atoms with Gasteiger partial charge in [0.1, 0.15) is 13.2 Å². The molecule has 0 aromatic carbocycles. The van der Waals surface area contributed by atoms with E-state index < -0.39 is 6.10 Å². The number of unbranched alkanes of at least 4 members (excludes halogenated alkanes) is 28.